The molecule has 2 aromatic rings. The van der Waals surface area contributed by atoms with Crippen LogP contribution < -0.4 is 10.2 Å². The molecule has 6 heteroatoms. The Morgan fingerprint density at radius 3 is 2.33 bits per heavy atom. The minimum atomic E-state index is -0.443. The number of para-hydroxylation sites is 1. The number of amides is 3. The summed E-state index contributed by atoms with van der Waals surface area (Å²) in [5, 5.41) is 2.90. The van der Waals surface area contributed by atoms with Crippen LogP contribution in [0, 0.1) is 19.8 Å². The summed E-state index contributed by atoms with van der Waals surface area (Å²) in [4.78, 5) is 40.9. The Morgan fingerprint density at radius 1 is 1.10 bits per heavy atom. The minimum absolute atomic E-state index is 0.0531. The smallest absolute Gasteiger partial charge is 0.243 e. The summed E-state index contributed by atoms with van der Waals surface area (Å²) in [6.45, 7) is 6.23. The Bertz CT molecular complexity index is 932. The molecule has 1 heterocycles. The van der Waals surface area contributed by atoms with Crippen LogP contribution in [0.2, 0.25) is 0 Å². The van der Waals surface area contributed by atoms with Crippen LogP contribution in [-0.4, -0.2) is 42.8 Å². The van der Waals surface area contributed by atoms with Gasteiger partial charge in [0.2, 0.25) is 17.7 Å². The van der Waals surface area contributed by atoms with Crippen LogP contribution in [0.5, 0.6) is 0 Å². The molecule has 0 aromatic heterocycles. The largest absolute Gasteiger partial charge is 0.336 e. The molecule has 3 amide bonds. The van der Waals surface area contributed by atoms with Crippen molar-refractivity contribution in [1.82, 2.24) is 4.90 Å². The number of carbonyl (C=O) groups is 3. The lowest BCUT2D eigenvalue weighted by Crippen LogP contribution is -2.39. The predicted molar refractivity (Wildman–Crippen MR) is 118 cm³/mol. The van der Waals surface area contributed by atoms with Gasteiger partial charge in [-0.15, -0.1) is 0 Å². The number of nitrogens with one attached hydrogen (secondary N) is 1. The van der Waals surface area contributed by atoms with E-state index in [-0.39, 0.29) is 30.7 Å². The Balaban J connectivity index is 1.60. The topological polar surface area (TPSA) is 69.7 Å². The summed E-state index contributed by atoms with van der Waals surface area (Å²) in [5.74, 6) is -0.945. The number of carbonyl (C=O) groups excluding carboxylic acids is 3. The highest BCUT2D eigenvalue weighted by molar-refractivity contribution is 6.01. The molecular formula is C24H29N3O3. The van der Waals surface area contributed by atoms with Crippen molar-refractivity contribution >= 4 is 29.1 Å². The molecule has 1 fully saturated rings. The molecular weight excluding hydrogens is 378 g/mol. The van der Waals surface area contributed by atoms with Crippen molar-refractivity contribution in [1.29, 1.82) is 0 Å². The second-order valence-electron chi connectivity index (χ2n) is 7.93. The van der Waals surface area contributed by atoms with Crippen LogP contribution in [0.1, 0.15) is 30.0 Å². The van der Waals surface area contributed by atoms with Gasteiger partial charge in [0, 0.05) is 31.4 Å². The maximum Gasteiger partial charge on any atom is 0.243 e. The normalized spacial score (nSPS) is 15.9. The standard InChI is InChI=1S/C24H29N3O3/c1-5-18-9-11-20(12-10-18)27-14-19(13-22(27)29)24(30)26(4)15-21(28)25-23-16(2)7-6-8-17(23)3/h6-12,19H,5,13-15H2,1-4H3,(H,25,28)/t19-/m0/s1. The first-order valence-electron chi connectivity index (χ1n) is 10.3. The summed E-state index contributed by atoms with van der Waals surface area (Å²) in [5.41, 5.74) is 4.74. The van der Waals surface area contributed by atoms with E-state index in [2.05, 4.69) is 12.2 Å². The van der Waals surface area contributed by atoms with Crippen molar-refractivity contribution in [3.05, 3.63) is 59.2 Å². The number of hydrogen-bond donors (Lipinski definition) is 1. The zero-order valence-corrected chi connectivity index (χ0v) is 18.1. The van der Waals surface area contributed by atoms with E-state index in [1.54, 1.807) is 11.9 Å². The summed E-state index contributed by atoms with van der Waals surface area (Å²) in [7, 11) is 1.61. The number of anilines is 2. The molecule has 3 rings (SSSR count). The fraction of sp³-hybridized carbons (Fsp3) is 0.375. The summed E-state index contributed by atoms with van der Waals surface area (Å²) >= 11 is 0. The molecule has 0 bridgehead atoms. The first-order chi connectivity index (χ1) is 14.3. The second-order valence-corrected chi connectivity index (χ2v) is 7.93. The molecule has 158 valence electrons. The maximum atomic E-state index is 12.9. The lowest BCUT2D eigenvalue weighted by atomic mass is 10.1. The highest BCUT2D eigenvalue weighted by atomic mass is 16.2. The van der Waals surface area contributed by atoms with E-state index in [0.29, 0.717) is 6.54 Å². The van der Waals surface area contributed by atoms with Crippen molar-refractivity contribution in [2.24, 2.45) is 5.92 Å². The van der Waals surface area contributed by atoms with Crippen molar-refractivity contribution < 1.29 is 14.4 Å². The van der Waals surface area contributed by atoms with E-state index < -0.39 is 5.92 Å². The average Bonchev–Trinajstić information content (AvgIpc) is 3.11. The van der Waals surface area contributed by atoms with Gasteiger partial charge in [0.1, 0.15) is 0 Å². The third-order valence-electron chi connectivity index (χ3n) is 5.63. The minimum Gasteiger partial charge on any atom is -0.336 e. The molecule has 0 unspecified atom stereocenters. The molecule has 2 aromatic carbocycles. The molecule has 1 saturated heterocycles. The van der Waals surface area contributed by atoms with E-state index in [1.165, 1.54) is 10.5 Å². The zero-order chi connectivity index (χ0) is 21.8. The lowest BCUT2D eigenvalue weighted by molar-refractivity contribution is -0.137. The van der Waals surface area contributed by atoms with Crippen LogP contribution >= 0.6 is 0 Å². The van der Waals surface area contributed by atoms with E-state index >= 15 is 0 Å². The Morgan fingerprint density at radius 2 is 1.73 bits per heavy atom. The molecule has 0 aliphatic carbocycles. The van der Waals surface area contributed by atoms with Crippen LogP contribution in [0.15, 0.2) is 42.5 Å². The number of hydrogen-bond acceptors (Lipinski definition) is 3. The number of aryl methyl sites for hydroxylation is 3. The second kappa shape index (κ2) is 9.11. The van der Waals surface area contributed by atoms with Gasteiger partial charge in [-0.25, -0.2) is 0 Å². The first-order valence-corrected chi connectivity index (χ1v) is 10.3. The Labute approximate surface area is 177 Å². The van der Waals surface area contributed by atoms with Crippen LogP contribution in [0.3, 0.4) is 0 Å². The SMILES string of the molecule is CCc1ccc(N2C[C@@H](C(=O)N(C)CC(=O)Nc3c(C)cccc3C)CC2=O)cc1. The highest BCUT2D eigenvalue weighted by Crippen LogP contribution is 2.26. The van der Waals surface area contributed by atoms with E-state index in [9.17, 15) is 14.4 Å². The molecule has 1 aliphatic heterocycles. The monoisotopic (exact) mass is 407 g/mol. The van der Waals surface area contributed by atoms with E-state index in [1.807, 2.05) is 56.3 Å². The van der Waals surface area contributed by atoms with Gasteiger partial charge in [-0.3, -0.25) is 14.4 Å². The van der Waals surface area contributed by atoms with Gasteiger partial charge < -0.3 is 15.1 Å². The van der Waals surface area contributed by atoms with Crippen LogP contribution in [0.25, 0.3) is 0 Å². The Kier molecular flexibility index (Phi) is 6.55. The van der Waals surface area contributed by atoms with Gasteiger partial charge in [0.15, 0.2) is 0 Å². The number of benzene rings is 2. The number of nitrogens with zero attached hydrogens (tertiary/aromatic N) is 2. The fourth-order valence-electron chi connectivity index (χ4n) is 3.83. The molecule has 0 spiro atoms. The first kappa shape index (κ1) is 21.6. The molecule has 6 nitrogen and oxygen atoms in total. The zero-order valence-electron chi connectivity index (χ0n) is 18.1. The fourth-order valence-corrected chi connectivity index (χ4v) is 3.83. The summed E-state index contributed by atoms with van der Waals surface area (Å²) in [6, 6.07) is 13.7. The van der Waals surface area contributed by atoms with Gasteiger partial charge >= 0.3 is 0 Å². The summed E-state index contributed by atoms with van der Waals surface area (Å²) in [6.07, 6.45) is 1.10. The highest BCUT2D eigenvalue weighted by Gasteiger charge is 2.36. The molecule has 30 heavy (non-hydrogen) atoms. The van der Waals surface area contributed by atoms with Crippen LogP contribution in [0.4, 0.5) is 11.4 Å². The van der Waals surface area contributed by atoms with Gasteiger partial charge in [0.25, 0.3) is 0 Å². The third-order valence-corrected chi connectivity index (χ3v) is 5.63. The van der Waals surface area contributed by atoms with Crippen molar-refractivity contribution in [3.63, 3.8) is 0 Å². The van der Waals surface area contributed by atoms with E-state index in [0.717, 1.165) is 28.9 Å². The van der Waals surface area contributed by atoms with Gasteiger partial charge in [-0.05, 0) is 49.1 Å². The van der Waals surface area contributed by atoms with Crippen molar-refractivity contribution in [2.45, 2.75) is 33.6 Å². The molecule has 1 N–H and O–H groups in total. The number of rotatable bonds is 6. The van der Waals surface area contributed by atoms with Gasteiger partial charge in [-0.2, -0.15) is 0 Å². The Hall–Kier alpha value is -3.15. The van der Waals surface area contributed by atoms with Crippen molar-refractivity contribution in [3.8, 4) is 0 Å². The average molecular weight is 408 g/mol. The maximum absolute atomic E-state index is 12.9. The van der Waals surface area contributed by atoms with Crippen LogP contribution in [-0.2, 0) is 20.8 Å². The molecule has 0 saturated carbocycles. The predicted octanol–water partition coefficient (Wildman–Crippen LogP) is 3.32. The molecule has 1 aliphatic rings. The summed E-state index contributed by atoms with van der Waals surface area (Å²) < 4.78 is 0. The molecule has 1 atom stereocenters. The van der Waals surface area contributed by atoms with Gasteiger partial charge in [0.05, 0.1) is 12.5 Å². The lowest BCUT2D eigenvalue weighted by Gasteiger charge is -2.22. The molecule has 0 radical (unpaired) electrons. The number of likely N-dealkylation sites (N-methyl/N-ethyl adjacent to an activating group) is 1. The third kappa shape index (κ3) is 4.70. The van der Waals surface area contributed by atoms with Crippen molar-refractivity contribution in [2.75, 3.05) is 30.4 Å². The van der Waals surface area contributed by atoms with Gasteiger partial charge in [-0.1, -0.05) is 37.3 Å². The van der Waals surface area contributed by atoms with E-state index in [4.69, 9.17) is 0 Å². The quantitative estimate of drug-likeness (QED) is 0.799.